The maximum Gasteiger partial charge on any atom is 0.0104 e. The fourth-order valence-corrected chi connectivity index (χ4v) is 2.68. The van der Waals surface area contributed by atoms with Gasteiger partial charge < -0.3 is 5.73 Å². The molecule has 1 nitrogen and oxygen atoms in total. The molecule has 0 bridgehead atoms. The van der Waals surface area contributed by atoms with Gasteiger partial charge in [-0.2, -0.15) is 0 Å². The minimum atomic E-state index is 0.409. The third kappa shape index (κ3) is 3.24. The van der Waals surface area contributed by atoms with Gasteiger partial charge in [0.1, 0.15) is 0 Å². The van der Waals surface area contributed by atoms with Gasteiger partial charge in [-0.05, 0) is 50.4 Å². The Bertz CT molecular complexity index is 540. The molecule has 1 unspecified atom stereocenters. The van der Waals surface area contributed by atoms with E-state index < -0.39 is 0 Å². The molecular formula is C18H23N. The summed E-state index contributed by atoms with van der Waals surface area (Å²) in [7, 11) is 0. The first-order valence-electron chi connectivity index (χ1n) is 6.95. The van der Waals surface area contributed by atoms with Crippen molar-refractivity contribution in [1.82, 2.24) is 0 Å². The molecule has 0 saturated heterocycles. The maximum atomic E-state index is 5.81. The van der Waals surface area contributed by atoms with E-state index in [0.717, 1.165) is 6.42 Å². The molecule has 1 heteroatoms. The summed E-state index contributed by atoms with van der Waals surface area (Å²) in [6.07, 6.45) is 0.993. The third-order valence-corrected chi connectivity index (χ3v) is 3.74. The summed E-state index contributed by atoms with van der Waals surface area (Å²) < 4.78 is 0. The summed E-state index contributed by atoms with van der Waals surface area (Å²) in [6, 6.07) is 15.5. The molecule has 0 fully saturated rings. The molecule has 0 heterocycles. The molecule has 19 heavy (non-hydrogen) atoms. The molecule has 0 aliphatic rings. The standard InChI is InChI=1S/C18H23N/c1-13-4-7-16(8-5-13)18(10-11-19)17-9-6-14(2)12-15(17)3/h4-9,12,18H,10-11,19H2,1-3H3. The SMILES string of the molecule is Cc1ccc(C(CCN)c2ccc(C)cc2C)cc1. The van der Waals surface area contributed by atoms with Crippen molar-refractivity contribution in [2.24, 2.45) is 5.73 Å². The van der Waals surface area contributed by atoms with Crippen LogP contribution in [0.5, 0.6) is 0 Å². The van der Waals surface area contributed by atoms with Gasteiger partial charge in [0.05, 0.1) is 0 Å². The highest BCUT2D eigenvalue weighted by Gasteiger charge is 2.15. The van der Waals surface area contributed by atoms with Gasteiger partial charge in [-0.3, -0.25) is 0 Å². The van der Waals surface area contributed by atoms with Gasteiger partial charge in [0.15, 0.2) is 0 Å². The van der Waals surface area contributed by atoms with Crippen molar-refractivity contribution >= 4 is 0 Å². The molecule has 0 aromatic heterocycles. The fourth-order valence-electron chi connectivity index (χ4n) is 2.68. The number of hydrogen-bond donors (Lipinski definition) is 1. The lowest BCUT2D eigenvalue weighted by atomic mass is 9.85. The molecule has 2 rings (SSSR count). The van der Waals surface area contributed by atoms with Crippen LogP contribution in [-0.4, -0.2) is 6.54 Å². The lowest BCUT2D eigenvalue weighted by Gasteiger charge is -2.20. The first-order chi connectivity index (χ1) is 9.11. The van der Waals surface area contributed by atoms with E-state index in [9.17, 15) is 0 Å². The highest BCUT2D eigenvalue weighted by molar-refractivity contribution is 5.40. The molecule has 2 N–H and O–H groups in total. The molecule has 2 aromatic carbocycles. The average Bonchev–Trinajstić information content (AvgIpc) is 2.38. The zero-order valence-electron chi connectivity index (χ0n) is 12.1. The topological polar surface area (TPSA) is 26.0 Å². The number of rotatable bonds is 4. The van der Waals surface area contributed by atoms with Crippen molar-refractivity contribution in [3.8, 4) is 0 Å². The van der Waals surface area contributed by atoms with E-state index in [2.05, 4.69) is 63.2 Å². The van der Waals surface area contributed by atoms with Gasteiger partial charge in [0.2, 0.25) is 0 Å². The summed E-state index contributed by atoms with van der Waals surface area (Å²) in [5, 5.41) is 0. The Hall–Kier alpha value is -1.60. The van der Waals surface area contributed by atoms with Crippen molar-refractivity contribution in [1.29, 1.82) is 0 Å². The van der Waals surface area contributed by atoms with Crippen LogP contribution in [0.25, 0.3) is 0 Å². The lowest BCUT2D eigenvalue weighted by molar-refractivity contribution is 0.721. The second kappa shape index (κ2) is 6.03. The second-order valence-corrected chi connectivity index (χ2v) is 5.40. The largest absolute Gasteiger partial charge is 0.330 e. The molecule has 1 atom stereocenters. The summed E-state index contributed by atoms with van der Waals surface area (Å²) in [6.45, 7) is 7.17. The number of benzene rings is 2. The van der Waals surface area contributed by atoms with Crippen molar-refractivity contribution in [3.63, 3.8) is 0 Å². The van der Waals surface area contributed by atoms with E-state index in [1.807, 2.05) is 0 Å². The minimum Gasteiger partial charge on any atom is -0.330 e. The Morgan fingerprint density at radius 3 is 2.11 bits per heavy atom. The van der Waals surface area contributed by atoms with Gasteiger partial charge in [-0.25, -0.2) is 0 Å². The third-order valence-electron chi connectivity index (χ3n) is 3.74. The Morgan fingerprint density at radius 2 is 1.53 bits per heavy atom. The van der Waals surface area contributed by atoms with Crippen LogP contribution in [0.15, 0.2) is 42.5 Å². The molecule has 0 saturated carbocycles. The Morgan fingerprint density at radius 1 is 0.895 bits per heavy atom. The molecule has 0 aliphatic heterocycles. The van der Waals surface area contributed by atoms with Crippen LogP contribution in [0.3, 0.4) is 0 Å². The average molecular weight is 253 g/mol. The normalized spacial score (nSPS) is 12.4. The highest BCUT2D eigenvalue weighted by Crippen LogP contribution is 2.30. The van der Waals surface area contributed by atoms with E-state index in [4.69, 9.17) is 5.73 Å². The molecular weight excluding hydrogens is 230 g/mol. The molecule has 0 radical (unpaired) electrons. The van der Waals surface area contributed by atoms with Crippen LogP contribution in [0.4, 0.5) is 0 Å². The van der Waals surface area contributed by atoms with Crippen molar-refractivity contribution in [3.05, 3.63) is 70.3 Å². The quantitative estimate of drug-likeness (QED) is 0.872. The van der Waals surface area contributed by atoms with E-state index in [-0.39, 0.29) is 0 Å². The van der Waals surface area contributed by atoms with Gasteiger partial charge >= 0.3 is 0 Å². The Kier molecular flexibility index (Phi) is 4.39. The number of aryl methyl sites for hydroxylation is 3. The van der Waals surface area contributed by atoms with Crippen LogP contribution in [0.1, 0.15) is 40.2 Å². The molecule has 100 valence electrons. The summed E-state index contributed by atoms with van der Waals surface area (Å²) in [4.78, 5) is 0. The van der Waals surface area contributed by atoms with Gasteiger partial charge in [-0.15, -0.1) is 0 Å². The van der Waals surface area contributed by atoms with E-state index in [1.165, 1.54) is 27.8 Å². The molecule has 0 spiro atoms. The minimum absolute atomic E-state index is 0.409. The lowest BCUT2D eigenvalue weighted by Crippen LogP contribution is -2.10. The monoisotopic (exact) mass is 253 g/mol. The summed E-state index contributed by atoms with van der Waals surface area (Å²) in [5.41, 5.74) is 12.6. The smallest absolute Gasteiger partial charge is 0.0104 e. The van der Waals surface area contributed by atoms with Crippen LogP contribution in [-0.2, 0) is 0 Å². The summed E-state index contributed by atoms with van der Waals surface area (Å²) in [5.74, 6) is 0.409. The van der Waals surface area contributed by atoms with Crippen molar-refractivity contribution in [2.75, 3.05) is 6.54 Å². The molecule has 0 aliphatic carbocycles. The Balaban J connectivity index is 2.41. The van der Waals surface area contributed by atoms with E-state index in [1.54, 1.807) is 0 Å². The first-order valence-corrected chi connectivity index (χ1v) is 6.95. The zero-order chi connectivity index (χ0) is 13.8. The van der Waals surface area contributed by atoms with Gasteiger partial charge in [0, 0.05) is 5.92 Å². The van der Waals surface area contributed by atoms with Crippen LogP contribution in [0, 0.1) is 20.8 Å². The van der Waals surface area contributed by atoms with E-state index in [0.29, 0.717) is 12.5 Å². The maximum absolute atomic E-state index is 5.81. The van der Waals surface area contributed by atoms with E-state index >= 15 is 0 Å². The number of nitrogens with two attached hydrogens (primary N) is 1. The van der Waals surface area contributed by atoms with Gasteiger partial charge in [0.25, 0.3) is 0 Å². The van der Waals surface area contributed by atoms with Gasteiger partial charge in [-0.1, -0.05) is 53.6 Å². The molecule has 0 amide bonds. The first kappa shape index (κ1) is 13.8. The second-order valence-electron chi connectivity index (χ2n) is 5.40. The highest BCUT2D eigenvalue weighted by atomic mass is 14.5. The van der Waals surface area contributed by atoms with Crippen LogP contribution < -0.4 is 5.73 Å². The van der Waals surface area contributed by atoms with Crippen LogP contribution >= 0.6 is 0 Å². The molecule has 2 aromatic rings. The predicted octanol–water partition coefficient (Wildman–Crippen LogP) is 4.09. The summed E-state index contributed by atoms with van der Waals surface area (Å²) >= 11 is 0. The fraction of sp³-hybridized carbons (Fsp3) is 0.333. The predicted molar refractivity (Wildman–Crippen MR) is 82.6 cm³/mol. The van der Waals surface area contributed by atoms with Crippen molar-refractivity contribution < 1.29 is 0 Å². The zero-order valence-corrected chi connectivity index (χ0v) is 12.1. The Labute approximate surface area is 116 Å². The van der Waals surface area contributed by atoms with Crippen LogP contribution in [0.2, 0.25) is 0 Å². The number of hydrogen-bond acceptors (Lipinski definition) is 1. The van der Waals surface area contributed by atoms with Crippen molar-refractivity contribution in [2.45, 2.75) is 33.1 Å².